The number of ether oxygens (including phenoxy) is 1. The van der Waals surface area contributed by atoms with E-state index in [4.69, 9.17) is 16.2 Å². The van der Waals surface area contributed by atoms with Gasteiger partial charge in [0.05, 0.1) is 12.5 Å². The molecule has 0 radical (unpaired) electrons. The zero-order valence-corrected chi connectivity index (χ0v) is 16.5. The summed E-state index contributed by atoms with van der Waals surface area (Å²) in [5.41, 5.74) is 12.9. The van der Waals surface area contributed by atoms with Gasteiger partial charge >= 0.3 is 0 Å². The van der Waals surface area contributed by atoms with Crippen LogP contribution in [0.3, 0.4) is 0 Å². The van der Waals surface area contributed by atoms with Crippen LogP contribution in [0.15, 0.2) is 24.3 Å². The largest absolute Gasteiger partial charge is 0.383 e. The zero-order chi connectivity index (χ0) is 17.5. The molecule has 0 bridgehead atoms. The van der Waals surface area contributed by atoms with Gasteiger partial charge in [-0.05, 0) is 37.1 Å². The van der Waals surface area contributed by atoms with E-state index in [-0.39, 0.29) is 49.2 Å². The van der Waals surface area contributed by atoms with Crippen LogP contribution in [0.4, 0.5) is 5.69 Å². The van der Waals surface area contributed by atoms with E-state index in [1.807, 2.05) is 24.3 Å². The van der Waals surface area contributed by atoms with Crippen molar-refractivity contribution in [2.75, 3.05) is 32.1 Å². The SMILES string of the molecule is COCC(N)C(=O)Nc1ccc(CN2CCCC(C(N)=O)C2)cc1.Cl.Cl. The van der Waals surface area contributed by atoms with Gasteiger partial charge in [0.1, 0.15) is 6.04 Å². The number of amides is 2. The van der Waals surface area contributed by atoms with Crippen LogP contribution >= 0.6 is 24.8 Å². The third-order valence-corrected chi connectivity index (χ3v) is 4.22. The standard InChI is InChI=1S/C17H26N4O3.2ClH/c1-24-11-15(18)17(23)20-14-6-4-12(5-7-14)9-21-8-2-3-13(10-21)16(19)22;;/h4-7,13,15H,2-3,8-11,18H2,1H3,(H2,19,22)(H,20,23);2*1H. The van der Waals surface area contributed by atoms with E-state index in [1.165, 1.54) is 7.11 Å². The second-order valence-electron chi connectivity index (χ2n) is 6.22. The molecule has 148 valence electrons. The van der Waals surface area contributed by atoms with Gasteiger partial charge in [-0.25, -0.2) is 0 Å². The number of benzene rings is 1. The molecule has 1 fully saturated rings. The lowest BCUT2D eigenvalue weighted by atomic mass is 9.97. The summed E-state index contributed by atoms with van der Waals surface area (Å²) in [6.45, 7) is 2.62. The van der Waals surface area contributed by atoms with E-state index in [2.05, 4.69) is 10.2 Å². The van der Waals surface area contributed by atoms with Crippen LogP contribution in [0, 0.1) is 5.92 Å². The molecule has 0 aliphatic carbocycles. The molecule has 1 saturated heterocycles. The lowest BCUT2D eigenvalue weighted by Crippen LogP contribution is -2.40. The second kappa shape index (κ2) is 12.1. The Labute approximate surface area is 166 Å². The number of nitrogens with zero attached hydrogens (tertiary/aromatic N) is 1. The number of primary amides is 1. The average Bonchev–Trinajstić information content (AvgIpc) is 2.57. The van der Waals surface area contributed by atoms with Gasteiger partial charge in [0.2, 0.25) is 11.8 Å². The summed E-state index contributed by atoms with van der Waals surface area (Å²) < 4.78 is 4.87. The lowest BCUT2D eigenvalue weighted by Gasteiger charge is -2.31. The fourth-order valence-electron chi connectivity index (χ4n) is 2.87. The number of carbonyl (C=O) groups is 2. The number of anilines is 1. The van der Waals surface area contributed by atoms with Gasteiger partial charge in [-0.2, -0.15) is 0 Å². The number of halogens is 2. The molecular formula is C17H28Cl2N4O3. The molecule has 0 aromatic heterocycles. The highest BCUT2D eigenvalue weighted by Gasteiger charge is 2.23. The number of methoxy groups -OCH3 is 1. The number of hydrogen-bond acceptors (Lipinski definition) is 5. The lowest BCUT2D eigenvalue weighted by molar-refractivity contribution is -0.123. The number of likely N-dealkylation sites (tertiary alicyclic amines) is 1. The Balaban J connectivity index is 0.00000312. The average molecular weight is 407 g/mol. The molecule has 2 rings (SSSR count). The molecule has 1 aliphatic heterocycles. The maximum atomic E-state index is 11.8. The number of nitrogens with two attached hydrogens (primary N) is 2. The third-order valence-electron chi connectivity index (χ3n) is 4.22. The topological polar surface area (TPSA) is 111 Å². The van der Waals surface area contributed by atoms with E-state index in [1.54, 1.807) is 0 Å². The highest BCUT2D eigenvalue weighted by Crippen LogP contribution is 2.19. The maximum absolute atomic E-state index is 11.8. The molecule has 5 N–H and O–H groups in total. The van der Waals surface area contributed by atoms with Crippen molar-refractivity contribution in [3.05, 3.63) is 29.8 Å². The maximum Gasteiger partial charge on any atom is 0.243 e. The molecule has 1 heterocycles. The zero-order valence-electron chi connectivity index (χ0n) is 14.8. The minimum absolute atomic E-state index is 0. The van der Waals surface area contributed by atoms with Crippen LogP contribution in [0.25, 0.3) is 0 Å². The number of nitrogens with one attached hydrogen (secondary N) is 1. The van der Waals surface area contributed by atoms with Crippen molar-refractivity contribution in [3.8, 4) is 0 Å². The Kier molecular flexibility index (Phi) is 11.4. The minimum Gasteiger partial charge on any atom is -0.383 e. The summed E-state index contributed by atoms with van der Waals surface area (Å²) in [7, 11) is 1.51. The Hall–Kier alpha value is -1.38. The molecule has 26 heavy (non-hydrogen) atoms. The molecular weight excluding hydrogens is 379 g/mol. The second-order valence-corrected chi connectivity index (χ2v) is 6.22. The fourth-order valence-corrected chi connectivity index (χ4v) is 2.87. The van der Waals surface area contributed by atoms with Crippen molar-refractivity contribution in [1.82, 2.24) is 4.90 Å². The first-order chi connectivity index (χ1) is 11.5. The van der Waals surface area contributed by atoms with Crippen LogP contribution in [-0.2, 0) is 20.9 Å². The summed E-state index contributed by atoms with van der Waals surface area (Å²) in [4.78, 5) is 25.4. The van der Waals surface area contributed by atoms with E-state index >= 15 is 0 Å². The molecule has 1 aliphatic rings. The predicted molar refractivity (Wildman–Crippen MR) is 107 cm³/mol. The molecule has 2 atom stereocenters. The first-order valence-electron chi connectivity index (χ1n) is 8.15. The molecule has 2 amide bonds. The van der Waals surface area contributed by atoms with Crippen LogP contribution in [0.2, 0.25) is 0 Å². The van der Waals surface area contributed by atoms with Crippen LogP contribution in [-0.4, -0.2) is 49.6 Å². The van der Waals surface area contributed by atoms with Crippen molar-refractivity contribution in [2.24, 2.45) is 17.4 Å². The number of carbonyl (C=O) groups excluding carboxylic acids is 2. The summed E-state index contributed by atoms with van der Waals surface area (Å²) in [6, 6.07) is 6.94. The van der Waals surface area contributed by atoms with Crippen molar-refractivity contribution in [1.29, 1.82) is 0 Å². The van der Waals surface area contributed by atoms with Gasteiger partial charge in [0.15, 0.2) is 0 Å². The summed E-state index contributed by atoms with van der Waals surface area (Å²) in [5, 5.41) is 2.76. The van der Waals surface area contributed by atoms with E-state index in [9.17, 15) is 9.59 Å². The highest BCUT2D eigenvalue weighted by atomic mass is 35.5. The molecule has 0 saturated carbocycles. The molecule has 9 heteroatoms. The minimum atomic E-state index is -0.686. The highest BCUT2D eigenvalue weighted by molar-refractivity contribution is 5.94. The summed E-state index contributed by atoms with van der Waals surface area (Å²) in [5.74, 6) is -0.547. The van der Waals surface area contributed by atoms with Crippen LogP contribution < -0.4 is 16.8 Å². The van der Waals surface area contributed by atoms with Gasteiger partial charge in [0, 0.05) is 25.9 Å². The Morgan fingerprint density at radius 3 is 2.54 bits per heavy atom. The Bertz CT molecular complexity index is 572. The number of piperidine rings is 1. The van der Waals surface area contributed by atoms with Gasteiger partial charge in [-0.15, -0.1) is 24.8 Å². The number of rotatable bonds is 7. The van der Waals surface area contributed by atoms with Crippen molar-refractivity contribution in [3.63, 3.8) is 0 Å². The molecule has 1 aromatic carbocycles. The van der Waals surface area contributed by atoms with Gasteiger partial charge in [-0.1, -0.05) is 12.1 Å². The van der Waals surface area contributed by atoms with Gasteiger partial charge in [-0.3, -0.25) is 14.5 Å². The molecule has 2 unspecified atom stereocenters. The van der Waals surface area contributed by atoms with E-state index in [0.29, 0.717) is 12.2 Å². The number of hydrogen-bond donors (Lipinski definition) is 3. The summed E-state index contributed by atoms with van der Waals surface area (Å²) in [6.07, 6.45) is 1.86. The summed E-state index contributed by atoms with van der Waals surface area (Å²) >= 11 is 0. The third kappa shape index (κ3) is 7.47. The molecule has 7 nitrogen and oxygen atoms in total. The van der Waals surface area contributed by atoms with E-state index < -0.39 is 6.04 Å². The van der Waals surface area contributed by atoms with Gasteiger partial charge in [0.25, 0.3) is 0 Å². The smallest absolute Gasteiger partial charge is 0.243 e. The Morgan fingerprint density at radius 2 is 1.96 bits per heavy atom. The fraction of sp³-hybridized carbons (Fsp3) is 0.529. The molecule has 0 spiro atoms. The van der Waals surface area contributed by atoms with Crippen molar-refractivity contribution >= 4 is 42.3 Å². The van der Waals surface area contributed by atoms with Crippen LogP contribution in [0.5, 0.6) is 0 Å². The monoisotopic (exact) mass is 406 g/mol. The van der Waals surface area contributed by atoms with Crippen molar-refractivity contribution < 1.29 is 14.3 Å². The predicted octanol–water partition coefficient (Wildman–Crippen LogP) is 1.14. The quantitative estimate of drug-likeness (QED) is 0.628. The first kappa shape index (κ1) is 24.6. The molecule has 1 aromatic rings. The van der Waals surface area contributed by atoms with Crippen LogP contribution in [0.1, 0.15) is 18.4 Å². The van der Waals surface area contributed by atoms with Crippen molar-refractivity contribution in [2.45, 2.75) is 25.4 Å². The van der Waals surface area contributed by atoms with Gasteiger partial charge < -0.3 is 21.5 Å². The first-order valence-corrected chi connectivity index (χ1v) is 8.15. The van der Waals surface area contributed by atoms with E-state index in [0.717, 1.165) is 31.5 Å². The Morgan fingerprint density at radius 1 is 1.31 bits per heavy atom. The normalized spacial score (nSPS) is 18.2.